The van der Waals surface area contributed by atoms with Crippen LogP contribution in [0.3, 0.4) is 0 Å². The Labute approximate surface area is 489 Å². The number of amides is 1. The van der Waals surface area contributed by atoms with Crippen LogP contribution in [0.2, 0.25) is 0 Å². The number of aliphatic hydroxyl groups is 1. The minimum absolute atomic E-state index is 0.0543. The predicted molar refractivity (Wildman–Crippen MR) is 346 cm³/mol. The Morgan fingerprint density at radius 3 is 1.16 bits per heavy atom. The maximum Gasteiger partial charge on any atom is 0.472 e. The van der Waals surface area contributed by atoms with E-state index < -0.39 is 20.0 Å². The van der Waals surface area contributed by atoms with E-state index in [0.29, 0.717) is 17.4 Å². The summed E-state index contributed by atoms with van der Waals surface area (Å²) in [7, 11) is 1.56. The minimum Gasteiger partial charge on any atom is -0.387 e. The van der Waals surface area contributed by atoms with Crippen LogP contribution in [0.4, 0.5) is 0 Å². The van der Waals surface area contributed by atoms with Gasteiger partial charge in [0, 0.05) is 6.42 Å². The standard InChI is InChI=1S/C70H127N2O6P/c1-6-8-10-12-14-16-18-20-22-24-26-28-29-30-31-32-33-34-35-36-37-38-39-40-41-42-43-44-46-48-50-52-54-56-58-60-62-64-70(74)71-68(67-78-79(75,76)77-66-65-72(3,4)5)69(73)63-61-59-57-55-53-51-49-47-45-27-25-23-21-19-17-15-13-11-9-7-2/h8,10,14,16,20,22,26,28,30-31,33-34,53,55,61,63,68-69,73H,6-7,9,11-13,15,17-19,21,23-25,27,29,32,35-52,54,56-60,62,64-67H2,1-5H3,(H-,71,74,75,76)/p+1/b10-8-,16-14-,22-20-,28-26-,31-30-,34-33-,55-53+,63-61+. The Morgan fingerprint density at radius 2 is 0.772 bits per heavy atom. The van der Waals surface area contributed by atoms with Gasteiger partial charge in [0.15, 0.2) is 0 Å². The molecule has 1 amide bonds. The molecule has 0 aromatic rings. The Kier molecular flexibility index (Phi) is 58.1. The van der Waals surface area contributed by atoms with Crippen molar-refractivity contribution in [2.24, 2.45) is 0 Å². The van der Waals surface area contributed by atoms with E-state index in [0.717, 1.165) is 77.0 Å². The summed E-state index contributed by atoms with van der Waals surface area (Å²) >= 11 is 0. The molecule has 0 aliphatic rings. The van der Waals surface area contributed by atoms with Crippen molar-refractivity contribution in [3.63, 3.8) is 0 Å². The molecule has 0 aliphatic heterocycles. The summed E-state index contributed by atoms with van der Waals surface area (Å²) in [6.07, 6.45) is 86.9. The van der Waals surface area contributed by atoms with E-state index in [2.05, 4.69) is 104 Å². The Hall–Kier alpha value is -2.58. The molecule has 0 saturated heterocycles. The first-order valence-electron chi connectivity index (χ1n) is 33.1. The highest BCUT2D eigenvalue weighted by Gasteiger charge is 2.27. The van der Waals surface area contributed by atoms with Gasteiger partial charge in [0.05, 0.1) is 39.9 Å². The number of likely N-dealkylation sites (N-methyl/N-ethyl adjacent to an activating group) is 1. The number of allylic oxidation sites excluding steroid dienone is 15. The van der Waals surface area contributed by atoms with E-state index in [-0.39, 0.29) is 19.1 Å². The molecular weight excluding hydrogens is 996 g/mol. The van der Waals surface area contributed by atoms with E-state index in [9.17, 15) is 19.4 Å². The molecule has 458 valence electrons. The highest BCUT2D eigenvalue weighted by atomic mass is 31.2. The van der Waals surface area contributed by atoms with Crippen LogP contribution in [0.1, 0.15) is 290 Å². The molecule has 3 atom stereocenters. The normalized spacial score (nSPS) is 14.4. The molecule has 0 heterocycles. The zero-order valence-corrected chi connectivity index (χ0v) is 53.2. The van der Waals surface area contributed by atoms with Crippen LogP contribution >= 0.6 is 7.82 Å². The number of hydrogen-bond acceptors (Lipinski definition) is 5. The first-order chi connectivity index (χ1) is 38.5. The summed E-state index contributed by atoms with van der Waals surface area (Å²) in [5.41, 5.74) is 0. The summed E-state index contributed by atoms with van der Waals surface area (Å²) in [6.45, 7) is 4.70. The Bertz CT molecular complexity index is 1610. The van der Waals surface area contributed by atoms with Crippen molar-refractivity contribution >= 4 is 13.7 Å². The van der Waals surface area contributed by atoms with Crippen molar-refractivity contribution in [3.8, 4) is 0 Å². The number of rotatable bonds is 60. The number of aliphatic hydroxyl groups excluding tert-OH is 1. The van der Waals surface area contributed by atoms with E-state index >= 15 is 0 Å². The Morgan fingerprint density at radius 1 is 0.443 bits per heavy atom. The van der Waals surface area contributed by atoms with Crippen LogP contribution < -0.4 is 5.32 Å². The first-order valence-corrected chi connectivity index (χ1v) is 34.6. The van der Waals surface area contributed by atoms with Gasteiger partial charge >= 0.3 is 7.82 Å². The number of quaternary nitrogens is 1. The summed E-state index contributed by atoms with van der Waals surface area (Å²) in [5, 5.41) is 14.0. The molecule has 0 aliphatic carbocycles. The van der Waals surface area contributed by atoms with Gasteiger partial charge in [0.1, 0.15) is 13.2 Å². The summed E-state index contributed by atoms with van der Waals surface area (Å²) < 4.78 is 23.8. The third kappa shape index (κ3) is 62.9. The molecule has 0 aromatic carbocycles. The van der Waals surface area contributed by atoms with E-state index in [4.69, 9.17) is 9.05 Å². The molecule has 0 rings (SSSR count). The smallest absolute Gasteiger partial charge is 0.387 e. The second-order valence-electron chi connectivity index (χ2n) is 23.5. The molecular formula is C70H128N2O6P+. The van der Waals surface area contributed by atoms with Crippen molar-refractivity contribution in [1.29, 1.82) is 0 Å². The molecule has 0 radical (unpaired) electrons. The van der Waals surface area contributed by atoms with Crippen molar-refractivity contribution < 1.29 is 32.9 Å². The van der Waals surface area contributed by atoms with E-state index in [1.54, 1.807) is 6.08 Å². The van der Waals surface area contributed by atoms with Gasteiger partial charge in [-0.25, -0.2) is 4.57 Å². The van der Waals surface area contributed by atoms with Gasteiger partial charge in [-0.3, -0.25) is 13.8 Å². The van der Waals surface area contributed by atoms with Gasteiger partial charge in [0.2, 0.25) is 5.91 Å². The number of nitrogens with one attached hydrogen (secondary N) is 1. The van der Waals surface area contributed by atoms with Crippen molar-refractivity contribution in [2.75, 3.05) is 40.9 Å². The predicted octanol–water partition coefficient (Wildman–Crippen LogP) is 20.9. The molecule has 0 bridgehead atoms. The van der Waals surface area contributed by atoms with Crippen molar-refractivity contribution in [3.05, 3.63) is 97.2 Å². The van der Waals surface area contributed by atoms with Crippen LogP contribution in [0.5, 0.6) is 0 Å². The third-order valence-electron chi connectivity index (χ3n) is 14.5. The summed E-state index contributed by atoms with van der Waals surface area (Å²) in [6, 6.07) is -0.868. The van der Waals surface area contributed by atoms with Gasteiger partial charge < -0.3 is 19.8 Å². The number of carbonyl (C=O) groups is 1. The number of nitrogens with zero attached hydrogens (tertiary/aromatic N) is 1. The monoisotopic (exact) mass is 1120 g/mol. The lowest BCUT2D eigenvalue weighted by Crippen LogP contribution is -2.45. The number of phosphoric ester groups is 1. The second kappa shape index (κ2) is 60.0. The summed E-state index contributed by atoms with van der Waals surface area (Å²) in [5.74, 6) is -0.186. The SMILES string of the molecule is CC/C=C\C/C=C\C/C=C\C/C=C\C/C=C\C/C=C\CCCCCCCCCCCCCCCCCCCCC(=O)NC(COP(=O)(O)OCC[N+](C)(C)C)C(O)/C=C/CC/C=C/CCCCCCCCCCCCCCCC. The highest BCUT2D eigenvalue weighted by molar-refractivity contribution is 7.47. The molecule has 8 nitrogen and oxygen atoms in total. The van der Waals surface area contributed by atoms with Gasteiger partial charge in [-0.1, -0.05) is 297 Å². The molecule has 0 aromatic heterocycles. The van der Waals surface area contributed by atoms with Gasteiger partial charge in [0.25, 0.3) is 0 Å². The molecule has 79 heavy (non-hydrogen) atoms. The van der Waals surface area contributed by atoms with Crippen LogP contribution in [0, 0.1) is 0 Å². The minimum atomic E-state index is -4.36. The van der Waals surface area contributed by atoms with Crippen LogP contribution in [0.15, 0.2) is 97.2 Å². The van der Waals surface area contributed by atoms with Crippen molar-refractivity contribution in [1.82, 2.24) is 5.32 Å². The third-order valence-corrected chi connectivity index (χ3v) is 15.5. The van der Waals surface area contributed by atoms with Crippen LogP contribution in [-0.4, -0.2) is 73.4 Å². The van der Waals surface area contributed by atoms with Crippen molar-refractivity contribution in [2.45, 2.75) is 302 Å². The average molecular weight is 1120 g/mol. The van der Waals surface area contributed by atoms with Crippen LogP contribution in [0.25, 0.3) is 0 Å². The molecule has 0 spiro atoms. The molecule has 3 unspecified atom stereocenters. The lowest BCUT2D eigenvalue weighted by atomic mass is 10.0. The Balaban J connectivity index is 4.07. The first kappa shape index (κ1) is 76.4. The number of unbranched alkanes of at least 4 members (excludes halogenated alkanes) is 33. The maximum absolute atomic E-state index is 13.0. The van der Waals surface area contributed by atoms with Gasteiger partial charge in [-0.2, -0.15) is 0 Å². The topological polar surface area (TPSA) is 105 Å². The second-order valence-corrected chi connectivity index (χ2v) is 24.9. The maximum atomic E-state index is 13.0. The lowest BCUT2D eigenvalue weighted by Gasteiger charge is -2.25. The lowest BCUT2D eigenvalue weighted by molar-refractivity contribution is -0.870. The number of hydrogen-bond donors (Lipinski definition) is 3. The van der Waals surface area contributed by atoms with E-state index in [1.165, 1.54) is 193 Å². The molecule has 9 heteroatoms. The van der Waals surface area contributed by atoms with Gasteiger partial charge in [-0.15, -0.1) is 0 Å². The average Bonchev–Trinajstić information content (AvgIpc) is 3.42. The zero-order chi connectivity index (χ0) is 57.7. The fourth-order valence-electron chi connectivity index (χ4n) is 9.42. The van der Waals surface area contributed by atoms with Gasteiger partial charge in [-0.05, 0) is 83.5 Å². The molecule has 3 N–H and O–H groups in total. The van der Waals surface area contributed by atoms with Crippen LogP contribution in [-0.2, 0) is 18.4 Å². The number of carbonyl (C=O) groups excluding carboxylic acids is 1. The highest BCUT2D eigenvalue weighted by Crippen LogP contribution is 2.43. The largest absolute Gasteiger partial charge is 0.472 e. The fraction of sp³-hybridized carbons (Fsp3) is 0.757. The molecule has 0 fully saturated rings. The fourth-order valence-corrected chi connectivity index (χ4v) is 10.2. The zero-order valence-electron chi connectivity index (χ0n) is 52.3. The number of phosphoric acid groups is 1. The molecule has 0 saturated carbocycles. The summed E-state index contributed by atoms with van der Waals surface area (Å²) in [4.78, 5) is 23.4. The van der Waals surface area contributed by atoms with E-state index in [1.807, 2.05) is 27.2 Å². The quantitative estimate of drug-likeness (QED) is 0.0243.